The number of anilines is 3. The number of rotatable bonds is 7. The summed E-state index contributed by atoms with van der Waals surface area (Å²) in [6, 6.07) is 7.78. The van der Waals surface area contributed by atoms with E-state index < -0.39 is 0 Å². The van der Waals surface area contributed by atoms with Crippen LogP contribution in [0.3, 0.4) is 0 Å². The maximum Gasteiger partial charge on any atom is 0.229 e. The van der Waals surface area contributed by atoms with Gasteiger partial charge in [0.25, 0.3) is 0 Å². The van der Waals surface area contributed by atoms with Gasteiger partial charge in [-0.05, 0) is 37.1 Å². The average Bonchev–Trinajstić information content (AvgIpc) is 3.67. The molecule has 2 N–H and O–H groups in total. The zero-order valence-electron chi connectivity index (χ0n) is 20.2. The van der Waals surface area contributed by atoms with E-state index in [4.69, 9.17) is 18.9 Å². The summed E-state index contributed by atoms with van der Waals surface area (Å²) in [5.41, 5.74) is 3.71. The van der Waals surface area contributed by atoms with Gasteiger partial charge in [-0.15, -0.1) is 10.2 Å². The fourth-order valence-corrected chi connectivity index (χ4v) is 4.49. The zero-order valence-corrected chi connectivity index (χ0v) is 20.2. The lowest BCUT2D eigenvalue weighted by Crippen LogP contribution is -2.44. The molecule has 2 fully saturated rings. The van der Waals surface area contributed by atoms with E-state index in [0.717, 1.165) is 42.5 Å². The molecule has 36 heavy (non-hydrogen) atoms. The zero-order chi connectivity index (χ0) is 24.6. The van der Waals surface area contributed by atoms with Gasteiger partial charge in [0.1, 0.15) is 11.0 Å². The van der Waals surface area contributed by atoms with Crippen molar-refractivity contribution in [3.8, 4) is 11.5 Å². The highest BCUT2D eigenvalue weighted by atomic mass is 16.5. The van der Waals surface area contributed by atoms with Crippen LogP contribution < -0.4 is 15.5 Å². The molecule has 2 aliphatic rings. The number of aromatic nitrogens is 4. The molecule has 1 saturated carbocycles. The Hall–Kier alpha value is -3.83. The van der Waals surface area contributed by atoms with Crippen molar-refractivity contribution in [2.24, 2.45) is 5.92 Å². The van der Waals surface area contributed by atoms with Crippen LogP contribution in [0.5, 0.6) is 0 Å². The first-order chi connectivity index (χ1) is 17.6. The molecule has 0 radical (unpaired) electrons. The molecule has 1 saturated heterocycles. The van der Waals surface area contributed by atoms with E-state index in [0.29, 0.717) is 47.4 Å². The van der Waals surface area contributed by atoms with Crippen LogP contribution in [0.25, 0.3) is 33.5 Å². The Balaban J connectivity index is 1.36. The average molecular weight is 490 g/mol. The standard InChI is InChI=1S/C25H27N7O4/c1-26-23-22-17(10-21(30-31-22)29-24(33)14-3-4-14)18(11-27-23)25-28-19-9-15(5-6-20(19)36-25)32-7-8-35-16(12-32)13-34-2/h5-6,9-11,14,16H,3-4,7-8,12-13H2,1-2H3,(H,26,27)(H,29,30,33)/t16-/m1/s1. The van der Waals surface area contributed by atoms with Gasteiger partial charge in [-0.3, -0.25) is 4.79 Å². The molecule has 11 heteroatoms. The second kappa shape index (κ2) is 9.32. The molecule has 186 valence electrons. The maximum atomic E-state index is 12.3. The Morgan fingerprint density at radius 3 is 2.94 bits per heavy atom. The second-order valence-electron chi connectivity index (χ2n) is 9.09. The van der Waals surface area contributed by atoms with Gasteiger partial charge in [0.15, 0.2) is 17.2 Å². The fourth-order valence-electron chi connectivity index (χ4n) is 4.49. The third kappa shape index (κ3) is 4.31. The number of ether oxygens (including phenoxy) is 2. The van der Waals surface area contributed by atoms with Gasteiger partial charge in [0, 0.05) is 50.4 Å². The first-order valence-electron chi connectivity index (χ1n) is 12.0. The van der Waals surface area contributed by atoms with E-state index in [1.54, 1.807) is 26.4 Å². The number of nitrogens with one attached hydrogen (secondary N) is 2. The van der Waals surface area contributed by atoms with E-state index in [1.165, 1.54) is 0 Å². The van der Waals surface area contributed by atoms with Crippen LogP contribution in [0.4, 0.5) is 17.3 Å². The molecule has 4 heterocycles. The van der Waals surface area contributed by atoms with Crippen molar-refractivity contribution in [1.29, 1.82) is 0 Å². The highest BCUT2D eigenvalue weighted by Crippen LogP contribution is 2.35. The number of amides is 1. The van der Waals surface area contributed by atoms with Crippen molar-refractivity contribution in [2.75, 3.05) is 56.0 Å². The molecular weight excluding hydrogens is 462 g/mol. The topological polar surface area (TPSA) is 128 Å². The minimum Gasteiger partial charge on any atom is -0.436 e. The molecule has 0 spiro atoms. The van der Waals surface area contributed by atoms with Crippen LogP contribution in [-0.2, 0) is 14.3 Å². The van der Waals surface area contributed by atoms with E-state index in [9.17, 15) is 4.79 Å². The van der Waals surface area contributed by atoms with Crippen molar-refractivity contribution in [3.05, 3.63) is 30.5 Å². The summed E-state index contributed by atoms with van der Waals surface area (Å²) < 4.78 is 17.2. The Morgan fingerprint density at radius 2 is 2.14 bits per heavy atom. The third-order valence-electron chi connectivity index (χ3n) is 6.53. The van der Waals surface area contributed by atoms with Crippen LogP contribution in [0.15, 0.2) is 34.9 Å². The van der Waals surface area contributed by atoms with Gasteiger partial charge in [-0.25, -0.2) is 9.97 Å². The number of pyridine rings is 1. The lowest BCUT2D eigenvalue weighted by Gasteiger charge is -2.34. The molecular formula is C25H27N7O4. The van der Waals surface area contributed by atoms with Gasteiger partial charge in [-0.1, -0.05) is 0 Å². The van der Waals surface area contributed by atoms with Crippen LogP contribution in [0, 0.1) is 5.92 Å². The SMILES string of the molecule is CNc1ncc(-c2nc3cc(N4CCO[C@@H](COC)C4)ccc3o2)c2cc(NC(=O)C3CC3)nnc12. The first kappa shape index (κ1) is 22.6. The summed E-state index contributed by atoms with van der Waals surface area (Å²) in [6.07, 6.45) is 3.56. The van der Waals surface area contributed by atoms with E-state index >= 15 is 0 Å². The number of hydrogen-bond donors (Lipinski definition) is 2. The molecule has 0 bridgehead atoms. The number of carbonyl (C=O) groups excluding carboxylic acids is 1. The van der Waals surface area contributed by atoms with Crippen LogP contribution >= 0.6 is 0 Å². The normalized spacial score (nSPS) is 18.1. The highest BCUT2D eigenvalue weighted by Gasteiger charge is 2.30. The monoisotopic (exact) mass is 489 g/mol. The summed E-state index contributed by atoms with van der Waals surface area (Å²) in [4.78, 5) is 23.8. The Labute approximate surface area is 207 Å². The molecule has 6 rings (SSSR count). The number of nitrogens with zero attached hydrogens (tertiary/aromatic N) is 5. The number of benzene rings is 1. The quantitative estimate of drug-likeness (QED) is 0.400. The molecule has 3 aromatic heterocycles. The number of morpholine rings is 1. The van der Waals surface area contributed by atoms with E-state index in [-0.39, 0.29) is 17.9 Å². The summed E-state index contributed by atoms with van der Waals surface area (Å²) >= 11 is 0. The first-order valence-corrected chi connectivity index (χ1v) is 12.0. The van der Waals surface area contributed by atoms with Gasteiger partial charge in [0.05, 0.1) is 24.9 Å². The van der Waals surface area contributed by atoms with Crippen molar-refractivity contribution in [3.63, 3.8) is 0 Å². The van der Waals surface area contributed by atoms with Gasteiger partial charge < -0.3 is 29.4 Å². The van der Waals surface area contributed by atoms with Crippen LogP contribution in [-0.4, -0.2) is 72.6 Å². The Kier molecular flexibility index (Phi) is 5.86. The molecule has 1 aliphatic heterocycles. The highest BCUT2D eigenvalue weighted by molar-refractivity contribution is 6.01. The molecule has 0 unspecified atom stereocenters. The molecule has 1 amide bonds. The largest absolute Gasteiger partial charge is 0.436 e. The lowest BCUT2D eigenvalue weighted by atomic mass is 10.1. The van der Waals surface area contributed by atoms with E-state index in [2.05, 4.69) is 30.7 Å². The third-order valence-corrected chi connectivity index (χ3v) is 6.53. The van der Waals surface area contributed by atoms with Crippen LogP contribution in [0.1, 0.15) is 12.8 Å². The fraction of sp³-hybridized carbons (Fsp3) is 0.400. The van der Waals surface area contributed by atoms with Gasteiger partial charge in [-0.2, -0.15) is 0 Å². The maximum absolute atomic E-state index is 12.3. The number of carbonyl (C=O) groups is 1. The number of methoxy groups -OCH3 is 1. The second-order valence-corrected chi connectivity index (χ2v) is 9.09. The summed E-state index contributed by atoms with van der Waals surface area (Å²) in [7, 11) is 3.46. The van der Waals surface area contributed by atoms with Crippen molar-refractivity contribution in [1.82, 2.24) is 20.2 Å². The predicted octanol–water partition coefficient (Wildman–Crippen LogP) is 3.07. The van der Waals surface area contributed by atoms with Crippen LogP contribution in [0.2, 0.25) is 0 Å². The number of oxazole rings is 1. The molecule has 1 aliphatic carbocycles. The minimum atomic E-state index is -0.0293. The van der Waals surface area contributed by atoms with Crippen molar-refractivity contribution in [2.45, 2.75) is 18.9 Å². The van der Waals surface area contributed by atoms with Gasteiger partial charge >= 0.3 is 0 Å². The summed E-state index contributed by atoms with van der Waals surface area (Å²) in [6.45, 7) is 2.75. The number of fused-ring (bicyclic) bond motifs is 2. The summed E-state index contributed by atoms with van der Waals surface area (Å²) in [5.74, 6) is 1.44. The molecule has 4 aromatic rings. The van der Waals surface area contributed by atoms with Crippen molar-refractivity contribution < 1.29 is 18.7 Å². The van der Waals surface area contributed by atoms with Crippen molar-refractivity contribution >= 4 is 45.2 Å². The molecule has 1 atom stereocenters. The minimum absolute atomic E-state index is 0.0293. The predicted molar refractivity (Wildman–Crippen MR) is 135 cm³/mol. The molecule has 1 aromatic carbocycles. The van der Waals surface area contributed by atoms with E-state index in [1.807, 2.05) is 18.2 Å². The Morgan fingerprint density at radius 1 is 1.25 bits per heavy atom. The number of hydrogen-bond acceptors (Lipinski definition) is 10. The molecule has 11 nitrogen and oxygen atoms in total. The lowest BCUT2D eigenvalue weighted by molar-refractivity contribution is -0.117. The van der Waals surface area contributed by atoms with Gasteiger partial charge in [0.2, 0.25) is 11.8 Å². The summed E-state index contributed by atoms with van der Waals surface area (Å²) in [5, 5.41) is 15.2. The Bertz CT molecular complexity index is 1430. The smallest absolute Gasteiger partial charge is 0.229 e.